The largest absolute Gasteiger partial charge is 0.336 e. The molecule has 25 heavy (non-hydrogen) atoms. The number of imide groups is 1. The lowest BCUT2D eigenvalue weighted by atomic mass is 10.2. The van der Waals surface area contributed by atoms with Crippen molar-refractivity contribution in [2.24, 2.45) is 0 Å². The molecule has 1 N–H and O–H groups in total. The number of benzene rings is 1. The molecule has 2 aromatic rings. The zero-order valence-corrected chi connectivity index (χ0v) is 14.7. The molecule has 0 aliphatic carbocycles. The smallest absolute Gasteiger partial charge is 0.324 e. The summed E-state index contributed by atoms with van der Waals surface area (Å²) in [5.41, 5.74) is 0.946. The molecule has 8 heteroatoms. The second kappa shape index (κ2) is 7.52. The minimum atomic E-state index is -0.444. The van der Waals surface area contributed by atoms with Crippen molar-refractivity contribution < 1.29 is 9.59 Å². The molecule has 0 saturated carbocycles. The molecule has 0 bridgehead atoms. The van der Waals surface area contributed by atoms with Crippen molar-refractivity contribution in [3.63, 3.8) is 0 Å². The molecule has 3 amide bonds. The summed E-state index contributed by atoms with van der Waals surface area (Å²) in [6.07, 6.45) is 1.76. The molecule has 130 valence electrons. The average Bonchev–Trinajstić information content (AvgIpc) is 3.22. The first-order chi connectivity index (χ1) is 12.1. The molecule has 1 aromatic carbocycles. The predicted molar refractivity (Wildman–Crippen MR) is 96.1 cm³/mol. The molecule has 0 unspecified atom stereocenters. The molecule has 3 rings (SSSR count). The lowest BCUT2D eigenvalue weighted by Crippen LogP contribution is -2.39. The van der Waals surface area contributed by atoms with Crippen LogP contribution in [0.2, 0.25) is 0 Å². The second-order valence-corrected chi connectivity index (χ2v) is 6.86. The van der Waals surface area contributed by atoms with Crippen LogP contribution in [0.25, 0.3) is 11.4 Å². The van der Waals surface area contributed by atoms with Crippen LogP contribution in [-0.2, 0) is 11.3 Å². The van der Waals surface area contributed by atoms with E-state index in [0.29, 0.717) is 24.8 Å². The van der Waals surface area contributed by atoms with E-state index in [1.165, 1.54) is 16.7 Å². The Bertz CT molecular complexity index is 790. The van der Waals surface area contributed by atoms with Crippen molar-refractivity contribution in [3.05, 3.63) is 43.0 Å². The summed E-state index contributed by atoms with van der Waals surface area (Å²) in [7, 11) is 0. The van der Waals surface area contributed by atoms with E-state index < -0.39 is 5.25 Å². The summed E-state index contributed by atoms with van der Waals surface area (Å²) in [5.74, 6) is 0.496. The summed E-state index contributed by atoms with van der Waals surface area (Å²) in [6.45, 7) is 6.98. The molecule has 0 radical (unpaired) electrons. The van der Waals surface area contributed by atoms with Gasteiger partial charge in [-0.1, -0.05) is 48.2 Å². The molecule has 0 spiro atoms. The third-order valence-corrected chi connectivity index (χ3v) is 4.88. The van der Waals surface area contributed by atoms with E-state index in [1.807, 2.05) is 34.9 Å². The molecule has 1 fully saturated rings. The van der Waals surface area contributed by atoms with E-state index in [1.54, 1.807) is 13.0 Å². The quantitative estimate of drug-likeness (QED) is 0.633. The van der Waals surface area contributed by atoms with Gasteiger partial charge in [0.15, 0.2) is 11.0 Å². The fourth-order valence-electron chi connectivity index (χ4n) is 2.58. The Balaban J connectivity index is 1.82. The third-order valence-electron chi connectivity index (χ3n) is 3.81. The first kappa shape index (κ1) is 17.2. The monoisotopic (exact) mass is 357 g/mol. The Hall–Kier alpha value is -2.61. The van der Waals surface area contributed by atoms with Crippen LogP contribution in [0.5, 0.6) is 0 Å². The molecule has 1 aromatic heterocycles. The van der Waals surface area contributed by atoms with Crippen LogP contribution < -0.4 is 5.32 Å². The van der Waals surface area contributed by atoms with E-state index in [4.69, 9.17) is 0 Å². The number of carbonyl (C=O) groups is 2. The summed E-state index contributed by atoms with van der Waals surface area (Å²) < 4.78 is 1.92. The van der Waals surface area contributed by atoms with Crippen LogP contribution in [0.15, 0.2) is 48.1 Å². The minimum absolute atomic E-state index is 0.227. The lowest BCUT2D eigenvalue weighted by Gasteiger charge is -2.17. The molecule has 2 heterocycles. The number of hydrogen-bond acceptors (Lipinski definition) is 5. The van der Waals surface area contributed by atoms with Gasteiger partial charge in [0.2, 0.25) is 5.91 Å². The van der Waals surface area contributed by atoms with Gasteiger partial charge < -0.3 is 5.32 Å². The predicted octanol–water partition coefficient (Wildman–Crippen LogP) is 2.16. The van der Waals surface area contributed by atoms with Crippen LogP contribution in [0.1, 0.15) is 6.92 Å². The third kappa shape index (κ3) is 3.58. The maximum atomic E-state index is 12.5. The van der Waals surface area contributed by atoms with Crippen LogP contribution in [0.3, 0.4) is 0 Å². The van der Waals surface area contributed by atoms with Crippen molar-refractivity contribution in [1.82, 2.24) is 25.0 Å². The standard InChI is InChI=1S/C17H19N5O2S/c1-3-10-21-14(13-7-5-4-6-8-13)19-20-17(21)25-12(2)15(23)22-11-9-18-16(22)24/h3-8,12H,1,9-11H2,2H3,(H,18,24)/t12-/m1/s1. The van der Waals surface area contributed by atoms with Gasteiger partial charge in [0.1, 0.15) is 0 Å². The van der Waals surface area contributed by atoms with Gasteiger partial charge in [-0.2, -0.15) is 0 Å². The van der Waals surface area contributed by atoms with Crippen molar-refractivity contribution in [2.45, 2.75) is 23.9 Å². The highest BCUT2D eigenvalue weighted by molar-refractivity contribution is 8.00. The Morgan fingerprint density at radius 3 is 2.80 bits per heavy atom. The minimum Gasteiger partial charge on any atom is -0.336 e. The summed E-state index contributed by atoms with van der Waals surface area (Å²) in [6, 6.07) is 9.40. The fraction of sp³-hybridized carbons (Fsp3) is 0.294. The molecular weight excluding hydrogens is 338 g/mol. The normalized spacial score (nSPS) is 15.1. The van der Waals surface area contributed by atoms with E-state index in [9.17, 15) is 9.59 Å². The van der Waals surface area contributed by atoms with Crippen molar-refractivity contribution in [2.75, 3.05) is 13.1 Å². The lowest BCUT2D eigenvalue weighted by molar-refractivity contribution is -0.126. The molecule has 1 saturated heterocycles. The van der Waals surface area contributed by atoms with Gasteiger partial charge in [-0.25, -0.2) is 4.79 Å². The van der Waals surface area contributed by atoms with Crippen LogP contribution >= 0.6 is 11.8 Å². The summed E-state index contributed by atoms with van der Waals surface area (Å²) >= 11 is 1.29. The zero-order valence-electron chi connectivity index (χ0n) is 13.9. The number of thioether (sulfide) groups is 1. The summed E-state index contributed by atoms with van der Waals surface area (Å²) in [4.78, 5) is 25.4. The number of carbonyl (C=O) groups excluding carboxylic acids is 2. The number of nitrogens with one attached hydrogen (secondary N) is 1. The Labute approximate surface area is 150 Å². The second-order valence-electron chi connectivity index (χ2n) is 5.55. The molecular formula is C17H19N5O2S. The van der Waals surface area contributed by atoms with Gasteiger partial charge in [0, 0.05) is 25.2 Å². The highest BCUT2D eigenvalue weighted by atomic mass is 32.2. The van der Waals surface area contributed by atoms with Crippen LogP contribution in [0.4, 0.5) is 4.79 Å². The number of amides is 3. The highest BCUT2D eigenvalue weighted by Gasteiger charge is 2.31. The van der Waals surface area contributed by atoms with Crippen molar-refractivity contribution in [1.29, 1.82) is 0 Å². The van der Waals surface area contributed by atoms with Gasteiger partial charge in [-0.05, 0) is 6.92 Å². The average molecular weight is 357 g/mol. The molecule has 1 aliphatic heterocycles. The van der Waals surface area contributed by atoms with Crippen LogP contribution in [-0.4, -0.2) is 49.9 Å². The van der Waals surface area contributed by atoms with Gasteiger partial charge >= 0.3 is 6.03 Å². The van der Waals surface area contributed by atoms with E-state index in [-0.39, 0.29) is 11.9 Å². The number of rotatable bonds is 6. The first-order valence-corrected chi connectivity index (χ1v) is 8.85. The van der Waals surface area contributed by atoms with Gasteiger partial charge in [0.05, 0.1) is 5.25 Å². The van der Waals surface area contributed by atoms with Gasteiger partial charge in [-0.3, -0.25) is 14.3 Å². The van der Waals surface area contributed by atoms with Gasteiger partial charge in [0.25, 0.3) is 0 Å². The fourth-order valence-corrected chi connectivity index (χ4v) is 3.50. The van der Waals surface area contributed by atoms with E-state index >= 15 is 0 Å². The number of urea groups is 1. The van der Waals surface area contributed by atoms with Gasteiger partial charge in [-0.15, -0.1) is 16.8 Å². The zero-order chi connectivity index (χ0) is 17.8. The number of hydrogen-bond donors (Lipinski definition) is 1. The molecule has 1 atom stereocenters. The molecule has 7 nitrogen and oxygen atoms in total. The Morgan fingerprint density at radius 1 is 1.40 bits per heavy atom. The number of allylic oxidation sites excluding steroid dienone is 1. The Kier molecular flexibility index (Phi) is 5.18. The van der Waals surface area contributed by atoms with Crippen molar-refractivity contribution in [3.8, 4) is 11.4 Å². The highest BCUT2D eigenvalue weighted by Crippen LogP contribution is 2.27. The van der Waals surface area contributed by atoms with Crippen molar-refractivity contribution >= 4 is 23.7 Å². The maximum Gasteiger partial charge on any atom is 0.324 e. The Morgan fingerprint density at radius 2 is 2.16 bits per heavy atom. The number of nitrogens with zero attached hydrogens (tertiary/aromatic N) is 4. The first-order valence-electron chi connectivity index (χ1n) is 7.97. The van der Waals surface area contributed by atoms with E-state index in [0.717, 1.165) is 11.4 Å². The SMILES string of the molecule is C=CCn1c(S[C@H](C)C(=O)N2CCNC2=O)nnc1-c1ccccc1. The van der Waals surface area contributed by atoms with E-state index in [2.05, 4.69) is 22.1 Å². The maximum absolute atomic E-state index is 12.5. The topological polar surface area (TPSA) is 80.1 Å². The number of aromatic nitrogens is 3. The van der Waals surface area contributed by atoms with Crippen LogP contribution in [0, 0.1) is 0 Å². The summed E-state index contributed by atoms with van der Waals surface area (Å²) in [5, 5.41) is 11.3. The molecule has 1 aliphatic rings.